The smallest absolute Gasteiger partial charge is 0.236 e. The Morgan fingerprint density at radius 1 is 1.11 bits per heavy atom. The first-order chi connectivity index (χ1) is 26.0. The van der Waals surface area contributed by atoms with E-state index in [4.69, 9.17) is 21.3 Å². The fourth-order valence-corrected chi connectivity index (χ4v) is 6.48. The van der Waals surface area contributed by atoms with Crippen molar-refractivity contribution < 1.29 is 23.1 Å². The molecule has 2 aliphatic carbocycles. The lowest BCUT2D eigenvalue weighted by Gasteiger charge is -2.22. The van der Waals surface area contributed by atoms with Crippen LogP contribution >= 0.6 is 0 Å². The van der Waals surface area contributed by atoms with E-state index in [9.17, 15) is 9.59 Å². The van der Waals surface area contributed by atoms with Crippen molar-refractivity contribution >= 4 is 40.1 Å². The van der Waals surface area contributed by atoms with E-state index < -0.39 is 23.6 Å². The molecule has 1 amide bonds. The van der Waals surface area contributed by atoms with E-state index in [0.29, 0.717) is 60.4 Å². The number of aliphatic imine (C=N–C) groups is 1. The number of fused-ring (bicyclic) bond motifs is 1. The number of benzene rings is 2. The molecular formula is C43H48F2N6O3. The number of anilines is 1. The van der Waals surface area contributed by atoms with Gasteiger partial charge in [-0.1, -0.05) is 57.2 Å². The second-order valence-corrected chi connectivity index (χ2v) is 13.7. The number of halogens is 2. The van der Waals surface area contributed by atoms with E-state index in [1.165, 1.54) is 18.2 Å². The van der Waals surface area contributed by atoms with Crippen molar-refractivity contribution in [2.45, 2.75) is 70.9 Å². The van der Waals surface area contributed by atoms with Crippen LogP contribution in [0, 0.1) is 34.3 Å². The van der Waals surface area contributed by atoms with E-state index in [1.807, 2.05) is 49.4 Å². The predicted octanol–water partition coefficient (Wildman–Crippen LogP) is 8.21. The number of nitrogens with two attached hydrogens (primary N) is 1. The normalized spacial score (nSPS) is 18.1. The Morgan fingerprint density at radius 2 is 1.93 bits per heavy atom. The summed E-state index contributed by atoms with van der Waals surface area (Å²) in [5.41, 5.74) is 10.8. The van der Waals surface area contributed by atoms with Crippen molar-refractivity contribution in [2.75, 3.05) is 11.9 Å². The first-order valence-corrected chi connectivity index (χ1v) is 18.4. The van der Waals surface area contributed by atoms with Crippen molar-refractivity contribution in [3.63, 3.8) is 0 Å². The molecule has 0 radical (unpaired) electrons. The van der Waals surface area contributed by atoms with Gasteiger partial charge in [0.25, 0.3) is 0 Å². The number of Topliss-reactive ketones (excluding diaryl/α,β-unsaturated/α-hetero) is 1. The van der Waals surface area contributed by atoms with E-state index in [-0.39, 0.29) is 53.7 Å². The molecule has 0 saturated heterocycles. The number of hydrogen-bond acceptors (Lipinski definition) is 8. The topological polar surface area (TPSA) is 154 Å². The van der Waals surface area contributed by atoms with Crippen LogP contribution in [0.3, 0.4) is 0 Å². The van der Waals surface area contributed by atoms with Crippen LogP contribution in [0.15, 0.2) is 102 Å². The van der Waals surface area contributed by atoms with Gasteiger partial charge in [0, 0.05) is 65.7 Å². The molecule has 282 valence electrons. The summed E-state index contributed by atoms with van der Waals surface area (Å²) in [5, 5.41) is 22.4. The maximum atomic E-state index is 15.5. The number of unbranched alkanes of at least 4 members (excludes halogenated alkanes) is 1. The van der Waals surface area contributed by atoms with Gasteiger partial charge in [0.15, 0.2) is 17.3 Å². The third-order valence-electron chi connectivity index (χ3n) is 9.78. The van der Waals surface area contributed by atoms with E-state index in [2.05, 4.69) is 22.2 Å². The van der Waals surface area contributed by atoms with Crippen LogP contribution in [0.4, 0.5) is 14.5 Å². The number of carbonyl (C=O) groups is 2. The third kappa shape index (κ3) is 9.70. The average Bonchev–Trinajstić information content (AvgIpc) is 3.62. The van der Waals surface area contributed by atoms with Crippen LogP contribution in [-0.2, 0) is 11.2 Å². The molecule has 54 heavy (non-hydrogen) atoms. The molecule has 0 spiro atoms. The summed E-state index contributed by atoms with van der Waals surface area (Å²) >= 11 is 0. The van der Waals surface area contributed by atoms with Gasteiger partial charge in [0.05, 0.1) is 17.5 Å². The molecule has 0 saturated carbocycles. The highest BCUT2D eigenvalue weighted by atomic mass is 19.2. The molecule has 1 aliphatic heterocycles. The zero-order valence-electron chi connectivity index (χ0n) is 30.8. The van der Waals surface area contributed by atoms with Gasteiger partial charge < -0.3 is 31.9 Å². The summed E-state index contributed by atoms with van der Waals surface area (Å²) in [5.74, 6) is -3.41. The molecule has 2 aromatic rings. The lowest BCUT2D eigenvalue weighted by atomic mass is 9.86. The third-order valence-corrected chi connectivity index (χ3v) is 9.78. The summed E-state index contributed by atoms with van der Waals surface area (Å²) in [7, 11) is 0. The van der Waals surface area contributed by atoms with Crippen LogP contribution in [0.5, 0.6) is 5.75 Å². The van der Waals surface area contributed by atoms with Gasteiger partial charge in [-0.05, 0) is 85.4 Å². The van der Waals surface area contributed by atoms with Crippen molar-refractivity contribution in [2.24, 2.45) is 22.6 Å². The minimum absolute atomic E-state index is 0.0831. The molecular weight excluding hydrogens is 687 g/mol. The standard InChI is InChI=1S/C43H48F2N6O3/c1-4-27-22-29(18-19-31(27)38(52)23-36(48)26(3)24-50-43(53)35(47)16-10-9-12-28(46)5-2)51-37-17-11-15-33-34(25-49-42(33)37)32-20-21-39(41(45)40(32)44)54-30-13-7-6-8-14-30/h5-8,11,13,15,17-22,25-26,30,33,35,46,48,51H,2,4,9-10,12,14,16,23-24,47H2,1,3H3,(H,50,53)/t26-,30?,33?,35-/m0/s1. The highest BCUT2D eigenvalue weighted by Gasteiger charge is 2.31. The Hall–Kier alpha value is -5.55. The second-order valence-electron chi connectivity index (χ2n) is 13.7. The van der Waals surface area contributed by atoms with Crippen molar-refractivity contribution in [1.29, 1.82) is 10.8 Å². The number of amides is 1. The van der Waals surface area contributed by atoms with E-state index in [1.54, 1.807) is 31.3 Å². The fourth-order valence-electron chi connectivity index (χ4n) is 6.48. The Morgan fingerprint density at radius 3 is 2.67 bits per heavy atom. The molecule has 0 fully saturated rings. The monoisotopic (exact) mass is 734 g/mol. The van der Waals surface area contributed by atoms with E-state index in [0.717, 1.165) is 17.7 Å². The van der Waals surface area contributed by atoms with Gasteiger partial charge in [0.1, 0.15) is 6.10 Å². The van der Waals surface area contributed by atoms with Gasteiger partial charge in [-0.3, -0.25) is 14.6 Å². The molecule has 0 bridgehead atoms. The first kappa shape index (κ1) is 39.7. The number of ether oxygens (including phenoxy) is 1. The zero-order chi connectivity index (χ0) is 38.8. The molecule has 6 N–H and O–H groups in total. The van der Waals surface area contributed by atoms with Gasteiger partial charge in [-0.2, -0.15) is 4.39 Å². The van der Waals surface area contributed by atoms with Crippen molar-refractivity contribution in [3.05, 3.63) is 126 Å². The van der Waals surface area contributed by atoms with Crippen LogP contribution < -0.4 is 21.1 Å². The molecule has 2 unspecified atom stereocenters. The molecule has 9 nitrogen and oxygen atoms in total. The van der Waals surface area contributed by atoms with Gasteiger partial charge >= 0.3 is 0 Å². The maximum absolute atomic E-state index is 15.5. The van der Waals surface area contributed by atoms with Gasteiger partial charge in [-0.25, -0.2) is 4.39 Å². The Kier molecular flexibility index (Phi) is 13.6. The zero-order valence-corrected chi connectivity index (χ0v) is 30.8. The first-order valence-electron chi connectivity index (χ1n) is 18.4. The highest BCUT2D eigenvalue weighted by molar-refractivity contribution is 6.15. The number of ketones is 1. The average molecular weight is 735 g/mol. The number of aryl methyl sites for hydroxylation is 1. The molecule has 1 heterocycles. The second kappa shape index (κ2) is 18.5. The highest BCUT2D eigenvalue weighted by Crippen LogP contribution is 2.39. The van der Waals surface area contributed by atoms with Crippen molar-refractivity contribution in [3.8, 4) is 5.75 Å². The van der Waals surface area contributed by atoms with Crippen LogP contribution in [0.2, 0.25) is 0 Å². The summed E-state index contributed by atoms with van der Waals surface area (Å²) in [6.07, 6.45) is 19.3. The summed E-state index contributed by atoms with van der Waals surface area (Å²) in [6.45, 7) is 7.52. The molecule has 11 heteroatoms. The molecule has 0 aromatic heterocycles. The van der Waals surface area contributed by atoms with Crippen LogP contribution in [0.1, 0.15) is 73.9 Å². The number of rotatable bonds is 19. The Bertz CT molecular complexity index is 1990. The number of carbonyl (C=O) groups excluding carboxylic acids is 2. The fraction of sp³-hybridized carbons (Fsp3) is 0.326. The minimum Gasteiger partial charge on any atom is -0.483 e. The Labute approximate surface area is 315 Å². The number of hydrogen-bond donors (Lipinski definition) is 5. The molecule has 2 aromatic carbocycles. The van der Waals surface area contributed by atoms with E-state index >= 15 is 8.78 Å². The lowest BCUT2D eigenvalue weighted by Crippen LogP contribution is -2.43. The number of allylic oxidation sites excluding steroid dienone is 8. The van der Waals surface area contributed by atoms with Crippen LogP contribution in [0.25, 0.3) is 5.57 Å². The molecule has 4 atom stereocenters. The molecule has 3 aliphatic rings. The summed E-state index contributed by atoms with van der Waals surface area (Å²) < 4.78 is 36.3. The minimum atomic E-state index is -1.04. The number of nitrogens with one attached hydrogen (secondary N) is 4. The van der Waals surface area contributed by atoms with Gasteiger partial charge in [0.2, 0.25) is 11.7 Å². The SMILES string of the molecule is C=CC(=N)CCCC[C@H](N)C(=O)NC[C@H](C)C(=N)CC(=O)c1ccc(NC2=CC=CC3C(c4ccc(OC5C=CC=CC5)c(F)c4F)=CN=C23)cc1CC. The lowest BCUT2D eigenvalue weighted by molar-refractivity contribution is -0.122. The summed E-state index contributed by atoms with van der Waals surface area (Å²) in [6, 6.07) is 7.74. The largest absolute Gasteiger partial charge is 0.483 e. The maximum Gasteiger partial charge on any atom is 0.236 e. The van der Waals surface area contributed by atoms with Crippen molar-refractivity contribution in [1.82, 2.24) is 5.32 Å². The predicted molar refractivity (Wildman–Crippen MR) is 212 cm³/mol. The molecule has 5 rings (SSSR count). The number of nitrogens with zero attached hydrogens (tertiary/aromatic N) is 1. The van der Waals surface area contributed by atoms with Gasteiger partial charge in [-0.15, -0.1) is 0 Å². The quantitative estimate of drug-likeness (QED) is 0.0560. The summed E-state index contributed by atoms with van der Waals surface area (Å²) in [4.78, 5) is 30.5. The Balaban J connectivity index is 1.15. The van der Waals surface area contributed by atoms with Crippen LogP contribution in [-0.4, -0.2) is 47.5 Å².